The van der Waals surface area contributed by atoms with Gasteiger partial charge in [-0.2, -0.15) is 0 Å². The normalized spacial score (nSPS) is 10.4. The van der Waals surface area contributed by atoms with E-state index in [1.54, 1.807) is 24.8 Å². The van der Waals surface area contributed by atoms with Crippen LogP contribution in [0.25, 0.3) is 10.4 Å². The van der Waals surface area contributed by atoms with E-state index in [1.165, 1.54) is 22.2 Å². The highest BCUT2D eigenvalue weighted by molar-refractivity contribution is 7.19. The summed E-state index contributed by atoms with van der Waals surface area (Å²) in [4.78, 5) is 25.2. The number of nitrogens with zero attached hydrogens (tertiary/aromatic N) is 4. The molecule has 0 spiro atoms. The average molecular weight is 285 g/mol. The first-order valence-electron chi connectivity index (χ1n) is 5.91. The molecular formula is C13H11N5OS. The van der Waals surface area contributed by atoms with E-state index < -0.39 is 0 Å². The van der Waals surface area contributed by atoms with Gasteiger partial charge >= 0.3 is 6.03 Å². The van der Waals surface area contributed by atoms with E-state index in [9.17, 15) is 4.79 Å². The van der Waals surface area contributed by atoms with E-state index in [-0.39, 0.29) is 6.03 Å². The monoisotopic (exact) mass is 285 g/mol. The van der Waals surface area contributed by atoms with Crippen LogP contribution < -0.4 is 5.32 Å². The summed E-state index contributed by atoms with van der Waals surface area (Å²) in [6.07, 6.45) is 8.08. The number of carbonyl (C=O) groups excluding carboxylic acids is 1. The fourth-order valence-corrected chi connectivity index (χ4v) is 2.70. The lowest BCUT2D eigenvalue weighted by Gasteiger charge is -2.00. The highest BCUT2D eigenvalue weighted by Gasteiger charge is 2.12. The number of carbonyl (C=O) groups is 1. The predicted molar refractivity (Wildman–Crippen MR) is 76.7 cm³/mol. The van der Waals surface area contributed by atoms with Crippen molar-refractivity contribution in [1.29, 1.82) is 0 Å². The number of imidazole rings is 1. The molecule has 0 aliphatic carbocycles. The standard InChI is InChI=1S/C13H11N5OS/c1-9-11(10-3-2-4-14-7-10)20-12(16-9)17-13(19)18-6-5-15-8-18/h2-8H,1H3,(H,16,17,19). The Morgan fingerprint density at radius 3 is 2.95 bits per heavy atom. The minimum Gasteiger partial charge on any atom is -0.283 e. The molecule has 7 heteroatoms. The second-order valence-electron chi connectivity index (χ2n) is 4.08. The molecule has 3 aromatic rings. The van der Waals surface area contributed by atoms with Gasteiger partial charge in [-0.25, -0.2) is 14.8 Å². The van der Waals surface area contributed by atoms with Gasteiger partial charge in [0.05, 0.1) is 10.6 Å². The molecule has 3 aromatic heterocycles. The fraction of sp³-hybridized carbons (Fsp3) is 0.0769. The molecule has 0 aromatic carbocycles. The first-order valence-corrected chi connectivity index (χ1v) is 6.73. The summed E-state index contributed by atoms with van der Waals surface area (Å²) in [6.45, 7) is 1.91. The van der Waals surface area contributed by atoms with Gasteiger partial charge in [0.15, 0.2) is 5.13 Å². The Balaban J connectivity index is 1.85. The highest BCUT2D eigenvalue weighted by Crippen LogP contribution is 2.32. The van der Waals surface area contributed by atoms with Crippen molar-refractivity contribution in [2.24, 2.45) is 0 Å². The number of anilines is 1. The van der Waals surface area contributed by atoms with Crippen LogP contribution in [0.3, 0.4) is 0 Å². The van der Waals surface area contributed by atoms with Crippen LogP contribution in [0.1, 0.15) is 5.69 Å². The second kappa shape index (κ2) is 5.22. The number of hydrogen-bond acceptors (Lipinski definition) is 5. The summed E-state index contributed by atoms with van der Waals surface area (Å²) in [6, 6.07) is 3.56. The van der Waals surface area contributed by atoms with Crippen molar-refractivity contribution in [1.82, 2.24) is 19.5 Å². The first-order chi connectivity index (χ1) is 9.74. The van der Waals surface area contributed by atoms with E-state index >= 15 is 0 Å². The van der Waals surface area contributed by atoms with Gasteiger partial charge in [-0.05, 0) is 13.0 Å². The predicted octanol–water partition coefficient (Wildman–Crippen LogP) is 2.79. The number of amides is 1. The molecule has 0 saturated carbocycles. The summed E-state index contributed by atoms with van der Waals surface area (Å²) < 4.78 is 1.36. The van der Waals surface area contributed by atoms with Crippen molar-refractivity contribution in [3.63, 3.8) is 0 Å². The number of pyridine rings is 1. The van der Waals surface area contributed by atoms with Crippen LogP contribution in [-0.4, -0.2) is 25.6 Å². The Morgan fingerprint density at radius 1 is 1.35 bits per heavy atom. The largest absolute Gasteiger partial charge is 0.333 e. The van der Waals surface area contributed by atoms with Crippen LogP contribution in [-0.2, 0) is 0 Å². The lowest BCUT2D eigenvalue weighted by atomic mass is 10.2. The van der Waals surface area contributed by atoms with Crippen molar-refractivity contribution >= 4 is 22.5 Å². The second-order valence-corrected chi connectivity index (χ2v) is 5.07. The number of hydrogen-bond donors (Lipinski definition) is 1. The van der Waals surface area contributed by atoms with Crippen LogP contribution in [0.5, 0.6) is 0 Å². The molecule has 0 radical (unpaired) electrons. The average Bonchev–Trinajstić information content (AvgIpc) is 3.09. The van der Waals surface area contributed by atoms with E-state index in [0.717, 1.165) is 16.1 Å². The molecule has 3 rings (SSSR count). The highest BCUT2D eigenvalue weighted by atomic mass is 32.1. The van der Waals surface area contributed by atoms with Gasteiger partial charge < -0.3 is 0 Å². The first kappa shape index (κ1) is 12.5. The van der Waals surface area contributed by atoms with Crippen molar-refractivity contribution in [3.8, 4) is 10.4 Å². The van der Waals surface area contributed by atoms with Gasteiger partial charge in [-0.3, -0.25) is 14.9 Å². The molecule has 3 heterocycles. The van der Waals surface area contributed by atoms with Crippen LogP contribution in [0, 0.1) is 6.92 Å². The van der Waals surface area contributed by atoms with Crippen LogP contribution in [0.4, 0.5) is 9.93 Å². The number of aryl methyl sites for hydroxylation is 1. The Morgan fingerprint density at radius 2 is 2.25 bits per heavy atom. The maximum absolute atomic E-state index is 11.9. The number of thiazole rings is 1. The van der Waals surface area contributed by atoms with E-state index in [2.05, 4.69) is 20.3 Å². The third-order valence-electron chi connectivity index (χ3n) is 2.67. The molecule has 0 aliphatic rings. The fourth-order valence-electron chi connectivity index (χ4n) is 1.75. The van der Waals surface area contributed by atoms with E-state index in [4.69, 9.17) is 0 Å². The van der Waals surface area contributed by atoms with Crippen LogP contribution >= 0.6 is 11.3 Å². The lowest BCUT2D eigenvalue weighted by Crippen LogP contribution is -2.17. The summed E-state index contributed by atoms with van der Waals surface area (Å²) in [7, 11) is 0. The zero-order valence-electron chi connectivity index (χ0n) is 10.6. The van der Waals surface area contributed by atoms with E-state index in [0.29, 0.717) is 5.13 Å². The summed E-state index contributed by atoms with van der Waals surface area (Å²) in [5.74, 6) is 0. The SMILES string of the molecule is Cc1nc(NC(=O)n2ccnc2)sc1-c1cccnc1. The summed E-state index contributed by atoms with van der Waals surface area (Å²) >= 11 is 1.42. The Kier molecular flexibility index (Phi) is 3.26. The third kappa shape index (κ3) is 2.43. The molecule has 0 fully saturated rings. The molecule has 1 amide bonds. The van der Waals surface area contributed by atoms with Crippen molar-refractivity contribution in [2.75, 3.05) is 5.32 Å². The van der Waals surface area contributed by atoms with Gasteiger partial charge in [0.25, 0.3) is 0 Å². The van der Waals surface area contributed by atoms with Crippen LogP contribution in [0.15, 0.2) is 43.2 Å². The number of nitrogens with one attached hydrogen (secondary N) is 1. The minimum atomic E-state index is -0.283. The number of rotatable bonds is 2. The van der Waals surface area contributed by atoms with Gasteiger partial charge in [0.2, 0.25) is 0 Å². The lowest BCUT2D eigenvalue weighted by molar-refractivity contribution is 0.253. The smallest absolute Gasteiger partial charge is 0.283 e. The van der Waals surface area contributed by atoms with Gasteiger partial charge in [0.1, 0.15) is 6.33 Å². The van der Waals surface area contributed by atoms with Gasteiger partial charge in [-0.1, -0.05) is 17.4 Å². The zero-order valence-corrected chi connectivity index (χ0v) is 11.5. The summed E-state index contributed by atoms with van der Waals surface area (Å²) in [5.41, 5.74) is 1.86. The third-order valence-corrected chi connectivity index (χ3v) is 3.80. The van der Waals surface area contributed by atoms with Crippen molar-refractivity contribution in [3.05, 3.63) is 48.9 Å². The molecule has 1 N–H and O–H groups in total. The van der Waals surface area contributed by atoms with Crippen molar-refractivity contribution in [2.45, 2.75) is 6.92 Å². The maximum Gasteiger partial charge on any atom is 0.333 e. The molecule has 20 heavy (non-hydrogen) atoms. The van der Waals surface area contributed by atoms with Gasteiger partial charge in [-0.15, -0.1) is 0 Å². The van der Waals surface area contributed by atoms with Gasteiger partial charge in [0, 0.05) is 30.4 Å². The summed E-state index contributed by atoms with van der Waals surface area (Å²) in [5, 5.41) is 3.30. The molecule has 0 unspecified atom stereocenters. The molecule has 0 saturated heterocycles. The van der Waals surface area contributed by atoms with E-state index in [1.807, 2.05) is 19.1 Å². The molecule has 0 atom stereocenters. The maximum atomic E-state index is 11.9. The Bertz CT molecular complexity index is 721. The topological polar surface area (TPSA) is 72.7 Å². The zero-order chi connectivity index (χ0) is 13.9. The molecular weight excluding hydrogens is 274 g/mol. The Hall–Kier alpha value is -2.54. The molecule has 0 bridgehead atoms. The Labute approximate surface area is 119 Å². The molecule has 6 nitrogen and oxygen atoms in total. The molecule has 100 valence electrons. The van der Waals surface area contributed by atoms with Crippen molar-refractivity contribution < 1.29 is 4.79 Å². The molecule has 0 aliphatic heterocycles. The van der Waals surface area contributed by atoms with Crippen LogP contribution in [0.2, 0.25) is 0 Å². The quantitative estimate of drug-likeness (QED) is 0.785. The minimum absolute atomic E-state index is 0.283. The number of aromatic nitrogens is 4.